The number of esters is 1. The van der Waals surface area contributed by atoms with Crippen molar-refractivity contribution in [3.05, 3.63) is 23.8 Å². The predicted molar refractivity (Wildman–Crippen MR) is 88.7 cm³/mol. The van der Waals surface area contributed by atoms with E-state index in [2.05, 4.69) is 0 Å². The lowest BCUT2D eigenvalue weighted by atomic mass is 9.67. The van der Waals surface area contributed by atoms with Gasteiger partial charge in [-0.25, -0.2) is 4.79 Å². The molecule has 0 aromatic rings. The molecule has 23 heavy (non-hydrogen) atoms. The summed E-state index contributed by atoms with van der Waals surface area (Å²) >= 11 is 0. The standard InChI is InChI=1S/C19H28O4/c1-6-7-16(21)23-14-10-13(4)11-15(20)18(5)8-9-19(22,12(2)3)17(14)18/h6-7,11-12,14,17,22H,8-10H2,1-5H3/b7-6-/t14-,17+,18+,19+/m0/s1. The van der Waals surface area contributed by atoms with Gasteiger partial charge in [0.25, 0.3) is 0 Å². The van der Waals surface area contributed by atoms with Gasteiger partial charge in [-0.1, -0.05) is 32.4 Å². The third kappa shape index (κ3) is 3.01. The minimum atomic E-state index is -0.996. The zero-order valence-corrected chi connectivity index (χ0v) is 14.8. The zero-order valence-electron chi connectivity index (χ0n) is 14.8. The highest BCUT2D eigenvalue weighted by Gasteiger charge is 2.62. The normalized spacial score (nSPS) is 37.7. The molecule has 0 aliphatic heterocycles. The summed E-state index contributed by atoms with van der Waals surface area (Å²) in [5.41, 5.74) is -0.781. The van der Waals surface area contributed by atoms with Crippen molar-refractivity contribution in [1.82, 2.24) is 0 Å². The summed E-state index contributed by atoms with van der Waals surface area (Å²) in [6.45, 7) is 9.48. The lowest BCUT2D eigenvalue weighted by Gasteiger charge is -2.42. The monoisotopic (exact) mass is 320 g/mol. The largest absolute Gasteiger partial charge is 0.458 e. The van der Waals surface area contributed by atoms with Gasteiger partial charge in [0.2, 0.25) is 0 Å². The number of fused-ring (bicyclic) bond motifs is 1. The molecule has 4 atom stereocenters. The van der Waals surface area contributed by atoms with E-state index in [0.29, 0.717) is 19.3 Å². The molecule has 0 aromatic heterocycles. The van der Waals surface area contributed by atoms with Crippen LogP contribution in [0.2, 0.25) is 0 Å². The highest BCUT2D eigenvalue weighted by molar-refractivity contribution is 5.96. The molecule has 4 nitrogen and oxygen atoms in total. The molecule has 1 N–H and O–H groups in total. The number of ketones is 1. The van der Waals surface area contributed by atoms with Crippen molar-refractivity contribution < 1.29 is 19.4 Å². The Kier molecular flexibility index (Phi) is 4.86. The van der Waals surface area contributed by atoms with Crippen molar-refractivity contribution in [3.63, 3.8) is 0 Å². The first kappa shape index (κ1) is 17.9. The van der Waals surface area contributed by atoms with Crippen LogP contribution in [0.5, 0.6) is 0 Å². The number of hydrogen-bond acceptors (Lipinski definition) is 4. The summed E-state index contributed by atoms with van der Waals surface area (Å²) in [6.07, 6.45) is 5.87. The van der Waals surface area contributed by atoms with Crippen LogP contribution < -0.4 is 0 Å². The van der Waals surface area contributed by atoms with Crippen molar-refractivity contribution >= 4 is 11.8 Å². The minimum absolute atomic E-state index is 0.0107. The summed E-state index contributed by atoms with van der Waals surface area (Å²) in [5, 5.41) is 11.3. The van der Waals surface area contributed by atoms with Gasteiger partial charge in [-0.2, -0.15) is 0 Å². The zero-order chi connectivity index (χ0) is 17.4. The third-order valence-electron chi connectivity index (χ3n) is 5.68. The molecule has 0 heterocycles. The molecule has 4 heteroatoms. The Morgan fingerprint density at radius 2 is 2.09 bits per heavy atom. The first-order valence-electron chi connectivity index (χ1n) is 8.42. The third-order valence-corrected chi connectivity index (χ3v) is 5.68. The first-order valence-corrected chi connectivity index (χ1v) is 8.42. The highest BCUT2D eigenvalue weighted by atomic mass is 16.5. The Balaban J connectivity index is 2.48. The van der Waals surface area contributed by atoms with E-state index in [4.69, 9.17) is 4.74 Å². The number of hydrogen-bond donors (Lipinski definition) is 1. The molecule has 2 aliphatic rings. The van der Waals surface area contributed by atoms with Crippen LogP contribution in [0.3, 0.4) is 0 Å². The summed E-state index contributed by atoms with van der Waals surface area (Å²) in [7, 11) is 0. The fourth-order valence-corrected chi connectivity index (χ4v) is 4.30. The second-order valence-corrected chi connectivity index (χ2v) is 7.58. The lowest BCUT2D eigenvalue weighted by Crippen LogP contribution is -2.51. The van der Waals surface area contributed by atoms with Crippen LogP contribution in [0.25, 0.3) is 0 Å². The molecule has 2 rings (SSSR count). The molecule has 0 spiro atoms. The van der Waals surface area contributed by atoms with Crippen molar-refractivity contribution in [2.45, 2.75) is 65.6 Å². The van der Waals surface area contributed by atoms with E-state index in [9.17, 15) is 14.7 Å². The molecule has 128 valence electrons. The molecular formula is C19H28O4. The van der Waals surface area contributed by atoms with Crippen LogP contribution in [0, 0.1) is 17.3 Å². The van der Waals surface area contributed by atoms with Crippen molar-refractivity contribution in [1.29, 1.82) is 0 Å². The van der Waals surface area contributed by atoms with Gasteiger partial charge in [0.1, 0.15) is 6.10 Å². The Hall–Kier alpha value is -1.42. The van der Waals surface area contributed by atoms with Crippen LogP contribution in [-0.2, 0) is 14.3 Å². The smallest absolute Gasteiger partial charge is 0.330 e. The van der Waals surface area contributed by atoms with Gasteiger partial charge in [-0.3, -0.25) is 4.79 Å². The average molecular weight is 320 g/mol. The molecule has 0 bridgehead atoms. The molecule has 1 fully saturated rings. The summed E-state index contributed by atoms with van der Waals surface area (Å²) < 4.78 is 5.68. The Morgan fingerprint density at radius 1 is 1.43 bits per heavy atom. The highest BCUT2D eigenvalue weighted by Crippen LogP contribution is 2.56. The Morgan fingerprint density at radius 3 is 2.65 bits per heavy atom. The fraction of sp³-hybridized carbons (Fsp3) is 0.684. The quantitative estimate of drug-likeness (QED) is 0.641. The lowest BCUT2D eigenvalue weighted by molar-refractivity contribution is -0.163. The first-order chi connectivity index (χ1) is 10.6. The van der Waals surface area contributed by atoms with E-state index in [1.807, 2.05) is 27.7 Å². The summed E-state index contributed by atoms with van der Waals surface area (Å²) in [5.74, 6) is -0.769. The van der Waals surface area contributed by atoms with Crippen LogP contribution in [-0.4, -0.2) is 28.6 Å². The van der Waals surface area contributed by atoms with E-state index in [1.165, 1.54) is 6.08 Å². The van der Waals surface area contributed by atoms with Crippen LogP contribution in [0.4, 0.5) is 0 Å². The molecule has 0 aromatic carbocycles. The predicted octanol–water partition coefficient (Wildman–Crippen LogP) is 3.20. The second kappa shape index (κ2) is 6.23. The molecule has 0 radical (unpaired) electrons. The summed E-state index contributed by atoms with van der Waals surface area (Å²) in [4.78, 5) is 24.7. The number of ether oxygens (including phenoxy) is 1. The molecule has 0 amide bonds. The van der Waals surface area contributed by atoms with Gasteiger partial charge in [-0.15, -0.1) is 0 Å². The van der Waals surface area contributed by atoms with Crippen LogP contribution in [0.1, 0.15) is 53.9 Å². The topological polar surface area (TPSA) is 63.6 Å². The van der Waals surface area contributed by atoms with Gasteiger partial charge in [0, 0.05) is 23.8 Å². The van der Waals surface area contributed by atoms with E-state index in [0.717, 1.165) is 5.57 Å². The number of allylic oxidation sites excluding steroid dienone is 2. The maximum atomic E-state index is 12.8. The molecule has 0 unspecified atom stereocenters. The van der Waals surface area contributed by atoms with E-state index in [-0.39, 0.29) is 17.6 Å². The van der Waals surface area contributed by atoms with Gasteiger partial charge >= 0.3 is 5.97 Å². The van der Waals surface area contributed by atoms with Crippen LogP contribution in [0.15, 0.2) is 23.8 Å². The van der Waals surface area contributed by atoms with E-state index < -0.39 is 23.1 Å². The summed E-state index contributed by atoms with van der Waals surface area (Å²) in [6, 6.07) is 0. The van der Waals surface area contributed by atoms with Crippen molar-refractivity contribution in [2.75, 3.05) is 0 Å². The molecule has 0 saturated heterocycles. The van der Waals surface area contributed by atoms with Crippen LogP contribution >= 0.6 is 0 Å². The van der Waals surface area contributed by atoms with Gasteiger partial charge in [-0.05, 0) is 38.7 Å². The van der Waals surface area contributed by atoms with Gasteiger partial charge in [0.05, 0.1) is 5.60 Å². The molecular weight excluding hydrogens is 292 g/mol. The number of aliphatic hydroxyl groups is 1. The molecule has 2 aliphatic carbocycles. The molecule has 1 saturated carbocycles. The van der Waals surface area contributed by atoms with Gasteiger partial charge < -0.3 is 9.84 Å². The maximum Gasteiger partial charge on any atom is 0.330 e. The fourth-order valence-electron chi connectivity index (χ4n) is 4.30. The van der Waals surface area contributed by atoms with Gasteiger partial charge in [0.15, 0.2) is 5.78 Å². The van der Waals surface area contributed by atoms with E-state index >= 15 is 0 Å². The Bertz CT molecular complexity index is 560. The number of carbonyl (C=O) groups excluding carboxylic acids is 2. The minimum Gasteiger partial charge on any atom is -0.458 e. The van der Waals surface area contributed by atoms with Crippen molar-refractivity contribution in [2.24, 2.45) is 17.3 Å². The number of rotatable bonds is 3. The second-order valence-electron chi connectivity index (χ2n) is 7.58. The van der Waals surface area contributed by atoms with Crippen molar-refractivity contribution in [3.8, 4) is 0 Å². The Labute approximate surface area is 138 Å². The number of carbonyl (C=O) groups is 2. The maximum absolute atomic E-state index is 12.8. The average Bonchev–Trinajstić information content (AvgIpc) is 2.68. The van der Waals surface area contributed by atoms with E-state index in [1.54, 1.807) is 19.1 Å². The SMILES string of the molecule is C/C=C\C(=O)O[C@H]1CC(C)=CC(=O)[C@@]2(C)CC[C@@](O)(C(C)C)[C@H]12.